The van der Waals surface area contributed by atoms with Crippen molar-refractivity contribution in [1.82, 2.24) is 15.0 Å². The largest absolute Gasteiger partial charge is 0.494 e. The highest BCUT2D eigenvalue weighted by molar-refractivity contribution is 5.55. The molecule has 6 heteroatoms. The molecule has 0 amide bonds. The van der Waals surface area contributed by atoms with E-state index in [4.69, 9.17) is 9.26 Å². The number of β-amino-alcohol motifs (C(OH)–C–C–N with tert-alkyl or cyclic N) is 1. The van der Waals surface area contributed by atoms with Crippen molar-refractivity contribution in [3.8, 4) is 17.1 Å². The third-order valence-electron chi connectivity index (χ3n) is 3.73. The molecule has 1 atom stereocenters. The van der Waals surface area contributed by atoms with E-state index in [1.54, 1.807) is 0 Å². The second-order valence-electron chi connectivity index (χ2n) is 5.50. The molecule has 0 radical (unpaired) electrons. The molecule has 1 fully saturated rings. The summed E-state index contributed by atoms with van der Waals surface area (Å²) in [6.45, 7) is 4.81. The predicted molar refractivity (Wildman–Crippen MR) is 81.4 cm³/mol. The van der Waals surface area contributed by atoms with Gasteiger partial charge in [0.2, 0.25) is 11.7 Å². The molecule has 0 saturated carbocycles. The second kappa shape index (κ2) is 6.89. The highest BCUT2D eigenvalue weighted by Crippen LogP contribution is 2.21. The minimum absolute atomic E-state index is 0.248. The minimum Gasteiger partial charge on any atom is -0.494 e. The standard InChI is InChI=1S/C16H21N3O3/c1-2-21-14-7-5-12(6-8-14)16-17-15(22-18-16)11-19-9-3-4-13(20)10-19/h5-8,13,20H,2-4,9-11H2,1H3/t13-/m1/s1. The van der Waals surface area contributed by atoms with Crippen molar-refractivity contribution in [2.24, 2.45) is 0 Å². The lowest BCUT2D eigenvalue weighted by Gasteiger charge is -2.28. The highest BCUT2D eigenvalue weighted by atomic mass is 16.5. The van der Waals surface area contributed by atoms with Crippen LogP contribution in [0.1, 0.15) is 25.7 Å². The highest BCUT2D eigenvalue weighted by Gasteiger charge is 2.20. The number of aliphatic hydroxyl groups excluding tert-OH is 1. The first-order valence-electron chi connectivity index (χ1n) is 7.71. The Labute approximate surface area is 129 Å². The van der Waals surface area contributed by atoms with E-state index in [9.17, 15) is 5.11 Å². The SMILES string of the molecule is CCOc1ccc(-c2noc(CN3CCC[C@@H](O)C3)n2)cc1. The third kappa shape index (κ3) is 3.64. The normalized spacial score (nSPS) is 19.3. The van der Waals surface area contributed by atoms with Crippen LogP contribution < -0.4 is 4.74 Å². The molecule has 0 unspecified atom stereocenters. The smallest absolute Gasteiger partial charge is 0.241 e. The Morgan fingerprint density at radius 3 is 2.91 bits per heavy atom. The van der Waals surface area contributed by atoms with Crippen molar-refractivity contribution >= 4 is 0 Å². The van der Waals surface area contributed by atoms with Crippen molar-refractivity contribution in [3.05, 3.63) is 30.2 Å². The van der Waals surface area contributed by atoms with Crippen molar-refractivity contribution in [3.63, 3.8) is 0 Å². The number of hydrogen-bond acceptors (Lipinski definition) is 6. The molecule has 3 rings (SSSR count). The molecule has 1 aliphatic heterocycles. The summed E-state index contributed by atoms with van der Waals surface area (Å²) in [5.41, 5.74) is 0.900. The van der Waals surface area contributed by atoms with Gasteiger partial charge in [0.05, 0.1) is 19.3 Å². The lowest BCUT2D eigenvalue weighted by atomic mass is 10.1. The lowest BCUT2D eigenvalue weighted by Crippen LogP contribution is -2.37. The van der Waals surface area contributed by atoms with Crippen LogP contribution in [0.5, 0.6) is 5.75 Å². The molecule has 6 nitrogen and oxygen atoms in total. The van der Waals surface area contributed by atoms with Crippen LogP contribution in [-0.2, 0) is 6.54 Å². The summed E-state index contributed by atoms with van der Waals surface area (Å²) in [5.74, 6) is 1.99. The third-order valence-corrected chi connectivity index (χ3v) is 3.73. The van der Waals surface area contributed by atoms with Crippen molar-refractivity contribution in [2.45, 2.75) is 32.4 Å². The molecule has 0 spiro atoms. The fourth-order valence-electron chi connectivity index (χ4n) is 2.67. The summed E-state index contributed by atoms with van der Waals surface area (Å²) in [7, 11) is 0. The van der Waals surface area contributed by atoms with E-state index in [0.717, 1.165) is 30.7 Å². The van der Waals surface area contributed by atoms with Gasteiger partial charge in [-0.3, -0.25) is 4.90 Å². The molecule has 1 aromatic carbocycles. The van der Waals surface area contributed by atoms with Gasteiger partial charge in [0.15, 0.2) is 0 Å². The predicted octanol–water partition coefficient (Wildman–Crippen LogP) is 2.09. The van der Waals surface area contributed by atoms with E-state index in [-0.39, 0.29) is 6.10 Å². The molecule has 1 aromatic heterocycles. The monoisotopic (exact) mass is 303 g/mol. The first-order valence-corrected chi connectivity index (χ1v) is 7.71. The summed E-state index contributed by atoms with van der Waals surface area (Å²) < 4.78 is 10.7. The summed E-state index contributed by atoms with van der Waals surface area (Å²) in [4.78, 5) is 6.58. The number of hydrogen-bond donors (Lipinski definition) is 1. The number of aliphatic hydroxyl groups is 1. The van der Waals surface area contributed by atoms with E-state index in [0.29, 0.717) is 31.4 Å². The first-order chi connectivity index (χ1) is 10.7. The maximum Gasteiger partial charge on any atom is 0.241 e. The van der Waals surface area contributed by atoms with Crippen LogP contribution in [0.4, 0.5) is 0 Å². The van der Waals surface area contributed by atoms with E-state index < -0.39 is 0 Å². The van der Waals surface area contributed by atoms with E-state index in [1.807, 2.05) is 31.2 Å². The molecule has 0 aliphatic carbocycles. The molecular formula is C16H21N3O3. The quantitative estimate of drug-likeness (QED) is 0.912. The van der Waals surface area contributed by atoms with Crippen LogP contribution in [0.25, 0.3) is 11.4 Å². The molecule has 0 bridgehead atoms. The molecule has 118 valence electrons. The number of ether oxygens (including phenoxy) is 1. The zero-order valence-corrected chi connectivity index (χ0v) is 12.7. The minimum atomic E-state index is -0.248. The Hall–Kier alpha value is -1.92. The average Bonchev–Trinajstić information content (AvgIpc) is 2.97. The van der Waals surface area contributed by atoms with Crippen LogP contribution in [0.3, 0.4) is 0 Å². The van der Waals surface area contributed by atoms with E-state index >= 15 is 0 Å². The second-order valence-corrected chi connectivity index (χ2v) is 5.50. The van der Waals surface area contributed by atoms with E-state index in [2.05, 4.69) is 15.0 Å². The van der Waals surface area contributed by atoms with Gasteiger partial charge in [0, 0.05) is 12.1 Å². The summed E-state index contributed by atoms with van der Waals surface area (Å²) >= 11 is 0. The van der Waals surface area contributed by atoms with Gasteiger partial charge in [-0.15, -0.1) is 0 Å². The average molecular weight is 303 g/mol. The van der Waals surface area contributed by atoms with Gasteiger partial charge in [-0.25, -0.2) is 0 Å². The van der Waals surface area contributed by atoms with Gasteiger partial charge in [-0.1, -0.05) is 5.16 Å². The van der Waals surface area contributed by atoms with Gasteiger partial charge >= 0.3 is 0 Å². The summed E-state index contributed by atoms with van der Waals surface area (Å²) in [6, 6.07) is 7.64. The molecule has 1 saturated heterocycles. The molecule has 1 N–H and O–H groups in total. The maximum absolute atomic E-state index is 9.69. The number of rotatable bonds is 5. The Kier molecular flexibility index (Phi) is 4.70. The van der Waals surface area contributed by atoms with E-state index in [1.165, 1.54) is 0 Å². The van der Waals surface area contributed by atoms with Gasteiger partial charge < -0.3 is 14.4 Å². The number of likely N-dealkylation sites (tertiary alicyclic amines) is 1. The summed E-state index contributed by atoms with van der Waals surface area (Å²) in [5, 5.41) is 13.7. The molecule has 2 aromatic rings. The van der Waals surface area contributed by atoms with Gasteiger partial charge in [-0.05, 0) is 50.6 Å². The summed E-state index contributed by atoms with van der Waals surface area (Å²) in [6.07, 6.45) is 1.63. The Bertz CT molecular complexity index is 597. The van der Waals surface area contributed by atoms with Crippen LogP contribution >= 0.6 is 0 Å². The zero-order chi connectivity index (χ0) is 15.4. The van der Waals surface area contributed by atoms with Gasteiger partial charge in [0.25, 0.3) is 0 Å². The molecular weight excluding hydrogens is 282 g/mol. The van der Waals surface area contributed by atoms with Crippen LogP contribution in [0.2, 0.25) is 0 Å². The fourth-order valence-corrected chi connectivity index (χ4v) is 2.67. The first kappa shape index (κ1) is 15.0. The topological polar surface area (TPSA) is 71.6 Å². The van der Waals surface area contributed by atoms with Crippen LogP contribution in [0.15, 0.2) is 28.8 Å². The maximum atomic E-state index is 9.69. The number of benzene rings is 1. The lowest BCUT2D eigenvalue weighted by molar-refractivity contribution is 0.0613. The Morgan fingerprint density at radius 1 is 1.36 bits per heavy atom. The molecule has 2 heterocycles. The van der Waals surface area contributed by atoms with Gasteiger partial charge in [0.1, 0.15) is 5.75 Å². The number of nitrogens with zero attached hydrogens (tertiary/aromatic N) is 3. The fraction of sp³-hybridized carbons (Fsp3) is 0.500. The number of aromatic nitrogens is 2. The van der Waals surface area contributed by atoms with Crippen molar-refractivity contribution < 1.29 is 14.4 Å². The Balaban J connectivity index is 1.65. The number of piperidine rings is 1. The molecule has 22 heavy (non-hydrogen) atoms. The Morgan fingerprint density at radius 2 is 2.18 bits per heavy atom. The molecule has 1 aliphatic rings. The van der Waals surface area contributed by atoms with Crippen molar-refractivity contribution in [1.29, 1.82) is 0 Å². The van der Waals surface area contributed by atoms with Crippen LogP contribution in [0, 0.1) is 0 Å². The van der Waals surface area contributed by atoms with Gasteiger partial charge in [-0.2, -0.15) is 4.98 Å². The zero-order valence-electron chi connectivity index (χ0n) is 12.7. The van der Waals surface area contributed by atoms with Crippen molar-refractivity contribution in [2.75, 3.05) is 19.7 Å². The van der Waals surface area contributed by atoms with Crippen LogP contribution in [-0.4, -0.2) is 45.9 Å².